The minimum atomic E-state index is 0.0391. The topological polar surface area (TPSA) is 56.6 Å². The van der Waals surface area contributed by atoms with E-state index in [1.165, 1.54) is 5.56 Å². The van der Waals surface area contributed by atoms with Gasteiger partial charge < -0.3 is 18.9 Å². The summed E-state index contributed by atoms with van der Waals surface area (Å²) in [5.41, 5.74) is 5.35. The Morgan fingerprint density at radius 2 is 1.83 bits per heavy atom. The molecule has 1 atom stereocenters. The van der Waals surface area contributed by atoms with E-state index in [-0.39, 0.29) is 11.8 Å². The first-order valence-electron chi connectivity index (χ1n) is 12.1. The third-order valence-electron chi connectivity index (χ3n) is 6.67. The van der Waals surface area contributed by atoms with Gasteiger partial charge in [-0.1, -0.05) is 29.8 Å². The van der Waals surface area contributed by atoms with Crippen molar-refractivity contribution in [3.05, 3.63) is 83.7 Å². The third-order valence-corrected chi connectivity index (χ3v) is 6.67. The van der Waals surface area contributed by atoms with Gasteiger partial charge in [0.2, 0.25) is 5.91 Å². The number of hydrogen-bond acceptors (Lipinski definition) is 4. The van der Waals surface area contributed by atoms with Crippen LogP contribution in [0.4, 0.5) is 5.69 Å². The van der Waals surface area contributed by atoms with Gasteiger partial charge in [-0.25, -0.2) is 4.98 Å². The van der Waals surface area contributed by atoms with E-state index in [1.807, 2.05) is 53.4 Å². The standard InChI is InChI=1S/C29H31N3O3/c1-20-9-14-27(21(2)17-20)35-16-6-15-31-26-8-5-4-7-25(26)30-29(31)22-18-28(33)32(19-22)23-10-12-24(34-3)13-11-23/h4-5,7-14,17,22H,6,15-16,18-19H2,1-3H3. The van der Waals surface area contributed by atoms with Crippen molar-refractivity contribution >= 4 is 22.6 Å². The molecule has 1 fully saturated rings. The summed E-state index contributed by atoms with van der Waals surface area (Å²) >= 11 is 0. The molecule has 2 heterocycles. The van der Waals surface area contributed by atoms with Crippen LogP contribution >= 0.6 is 0 Å². The third kappa shape index (κ3) is 4.74. The predicted molar refractivity (Wildman–Crippen MR) is 138 cm³/mol. The molecular formula is C29H31N3O3. The smallest absolute Gasteiger partial charge is 0.227 e. The Kier molecular flexibility index (Phi) is 6.45. The molecule has 35 heavy (non-hydrogen) atoms. The van der Waals surface area contributed by atoms with Crippen LogP contribution in [0.3, 0.4) is 0 Å². The van der Waals surface area contributed by atoms with Crippen LogP contribution in [-0.4, -0.2) is 35.7 Å². The van der Waals surface area contributed by atoms with E-state index < -0.39 is 0 Å². The Morgan fingerprint density at radius 1 is 1.03 bits per heavy atom. The molecule has 6 nitrogen and oxygen atoms in total. The van der Waals surface area contributed by atoms with Crippen LogP contribution in [0.1, 0.15) is 35.7 Å². The van der Waals surface area contributed by atoms with Crippen LogP contribution in [0.25, 0.3) is 11.0 Å². The van der Waals surface area contributed by atoms with Gasteiger partial charge >= 0.3 is 0 Å². The zero-order chi connectivity index (χ0) is 24.4. The predicted octanol–water partition coefficient (Wildman–Crippen LogP) is 5.65. The van der Waals surface area contributed by atoms with E-state index in [0.717, 1.165) is 52.6 Å². The molecule has 4 aromatic rings. The number of benzene rings is 3. The van der Waals surface area contributed by atoms with Crippen LogP contribution in [0.5, 0.6) is 11.5 Å². The summed E-state index contributed by atoms with van der Waals surface area (Å²) in [4.78, 5) is 19.8. The van der Waals surface area contributed by atoms with Gasteiger partial charge in [0.25, 0.3) is 0 Å². The Hall–Kier alpha value is -3.80. The molecule has 180 valence electrons. The molecule has 0 saturated carbocycles. The highest BCUT2D eigenvalue weighted by molar-refractivity contribution is 5.96. The molecular weight excluding hydrogens is 438 g/mol. The number of anilines is 1. The van der Waals surface area contributed by atoms with Gasteiger partial charge in [-0.3, -0.25) is 4.79 Å². The summed E-state index contributed by atoms with van der Waals surface area (Å²) < 4.78 is 13.6. The lowest BCUT2D eigenvalue weighted by molar-refractivity contribution is -0.117. The number of para-hydroxylation sites is 2. The Morgan fingerprint density at radius 3 is 2.60 bits per heavy atom. The van der Waals surface area contributed by atoms with E-state index in [0.29, 0.717) is 19.6 Å². The number of ether oxygens (including phenoxy) is 2. The number of carbonyl (C=O) groups excluding carboxylic acids is 1. The second kappa shape index (κ2) is 9.82. The van der Waals surface area contributed by atoms with Crippen molar-refractivity contribution in [1.82, 2.24) is 9.55 Å². The first kappa shape index (κ1) is 23.0. The first-order chi connectivity index (χ1) is 17.0. The molecule has 1 aromatic heterocycles. The first-order valence-corrected chi connectivity index (χ1v) is 12.1. The highest BCUT2D eigenvalue weighted by atomic mass is 16.5. The molecule has 1 saturated heterocycles. The molecule has 3 aromatic carbocycles. The summed E-state index contributed by atoms with van der Waals surface area (Å²) in [5, 5.41) is 0. The molecule has 0 N–H and O–H groups in total. The molecule has 1 amide bonds. The van der Waals surface area contributed by atoms with Gasteiger partial charge in [0.1, 0.15) is 17.3 Å². The van der Waals surface area contributed by atoms with Gasteiger partial charge in [-0.05, 0) is 68.3 Å². The minimum absolute atomic E-state index is 0.0391. The number of aromatic nitrogens is 2. The summed E-state index contributed by atoms with van der Waals surface area (Å²) in [6.07, 6.45) is 1.30. The molecule has 6 heteroatoms. The van der Waals surface area contributed by atoms with Crippen LogP contribution in [0.15, 0.2) is 66.7 Å². The number of aryl methyl sites for hydroxylation is 3. The fourth-order valence-electron chi connectivity index (χ4n) is 4.90. The largest absolute Gasteiger partial charge is 0.497 e. The summed E-state index contributed by atoms with van der Waals surface area (Å²) in [6.45, 7) is 6.19. The van der Waals surface area contributed by atoms with Gasteiger partial charge in [0.05, 0.1) is 24.8 Å². The Balaban J connectivity index is 1.33. The van der Waals surface area contributed by atoms with Crippen LogP contribution in [0, 0.1) is 13.8 Å². The van der Waals surface area contributed by atoms with Crippen LogP contribution in [0.2, 0.25) is 0 Å². The number of amides is 1. The fraction of sp³-hybridized carbons (Fsp3) is 0.310. The normalized spacial score (nSPS) is 15.7. The number of carbonyl (C=O) groups is 1. The Bertz CT molecular complexity index is 1340. The molecule has 0 aliphatic carbocycles. The maximum absolute atomic E-state index is 13.0. The second-order valence-corrected chi connectivity index (χ2v) is 9.18. The highest BCUT2D eigenvalue weighted by Crippen LogP contribution is 2.34. The molecule has 1 aliphatic rings. The molecule has 5 rings (SSSR count). The minimum Gasteiger partial charge on any atom is -0.497 e. The zero-order valence-corrected chi connectivity index (χ0v) is 20.5. The molecule has 0 radical (unpaired) electrons. The Labute approximate surface area is 206 Å². The van der Waals surface area contributed by atoms with Crippen molar-refractivity contribution in [1.29, 1.82) is 0 Å². The summed E-state index contributed by atoms with van der Waals surface area (Å²) in [7, 11) is 1.64. The lowest BCUT2D eigenvalue weighted by Gasteiger charge is -2.18. The van der Waals surface area contributed by atoms with Crippen molar-refractivity contribution in [3.8, 4) is 11.5 Å². The number of imidazole rings is 1. The lowest BCUT2D eigenvalue weighted by atomic mass is 10.1. The van der Waals surface area contributed by atoms with Crippen LogP contribution in [-0.2, 0) is 11.3 Å². The number of hydrogen-bond donors (Lipinski definition) is 0. The number of nitrogens with zero attached hydrogens (tertiary/aromatic N) is 3. The molecule has 0 spiro atoms. The van der Waals surface area contributed by atoms with Crippen molar-refractivity contribution < 1.29 is 14.3 Å². The van der Waals surface area contributed by atoms with Gasteiger partial charge in [-0.2, -0.15) is 0 Å². The summed E-state index contributed by atoms with van der Waals surface area (Å²) in [5.74, 6) is 2.85. The van der Waals surface area contributed by atoms with E-state index in [9.17, 15) is 4.79 Å². The van der Waals surface area contributed by atoms with E-state index in [4.69, 9.17) is 14.5 Å². The average molecular weight is 470 g/mol. The zero-order valence-electron chi connectivity index (χ0n) is 20.5. The number of methoxy groups -OCH3 is 1. The lowest BCUT2D eigenvalue weighted by Crippen LogP contribution is -2.24. The van der Waals surface area contributed by atoms with Gasteiger partial charge in [0, 0.05) is 31.1 Å². The maximum atomic E-state index is 13.0. The van der Waals surface area contributed by atoms with Crippen molar-refractivity contribution in [2.24, 2.45) is 0 Å². The van der Waals surface area contributed by atoms with E-state index in [2.05, 4.69) is 36.6 Å². The summed E-state index contributed by atoms with van der Waals surface area (Å²) in [6, 6.07) is 22.1. The highest BCUT2D eigenvalue weighted by Gasteiger charge is 2.34. The van der Waals surface area contributed by atoms with E-state index >= 15 is 0 Å². The fourth-order valence-corrected chi connectivity index (χ4v) is 4.90. The van der Waals surface area contributed by atoms with Crippen molar-refractivity contribution in [3.63, 3.8) is 0 Å². The van der Waals surface area contributed by atoms with Crippen LogP contribution < -0.4 is 14.4 Å². The second-order valence-electron chi connectivity index (χ2n) is 9.18. The van der Waals surface area contributed by atoms with Gasteiger partial charge in [-0.15, -0.1) is 0 Å². The van der Waals surface area contributed by atoms with Gasteiger partial charge in [0.15, 0.2) is 0 Å². The van der Waals surface area contributed by atoms with Crippen molar-refractivity contribution in [2.45, 2.75) is 39.2 Å². The SMILES string of the molecule is COc1ccc(N2CC(c3nc4ccccc4n3CCCOc3ccc(C)cc3C)CC2=O)cc1. The molecule has 1 unspecified atom stereocenters. The number of fused-ring (bicyclic) bond motifs is 1. The molecule has 1 aliphatic heterocycles. The number of rotatable bonds is 8. The average Bonchev–Trinajstić information content (AvgIpc) is 3.43. The monoisotopic (exact) mass is 469 g/mol. The van der Waals surface area contributed by atoms with Crippen molar-refractivity contribution in [2.75, 3.05) is 25.2 Å². The van der Waals surface area contributed by atoms with E-state index in [1.54, 1.807) is 7.11 Å². The maximum Gasteiger partial charge on any atom is 0.227 e. The molecule has 0 bridgehead atoms. The quantitative estimate of drug-likeness (QED) is 0.313.